The summed E-state index contributed by atoms with van der Waals surface area (Å²) in [4.78, 5) is 26.7. The van der Waals surface area contributed by atoms with E-state index in [4.69, 9.17) is 14.5 Å². The van der Waals surface area contributed by atoms with Crippen molar-refractivity contribution >= 4 is 17.8 Å². The molecule has 0 saturated carbocycles. The lowest BCUT2D eigenvalue weighted by molar-refractivity contribution is -0.139. The predicted octanol–water partition coefficient (Wildman–Crippen LogP) is 2.96. The van der Waals surface area contributed by atoms with E-state index in [2.05, 4.69) is 16.5 Å². The molecule has 0 aliphatic carbocycles. The molecule has 2 aromatic rings. The molecule has 0 saturated heterocycles. The summed E-state index contributed by atoms with van der Waals surface area (Å²) in [5, 5.41) is 15.8. The van der Waals surface area contributed by atoms with Crippen LogP contribution < -0.4 is 10.2 Å². The van der Waals surface area contributed by atoms with Gasteiger partial charge in [-0.05, 0) is 38.5 Å². The van der Waals surface area contributed by atoms with Gasteiger partial charge >= 0.3 is 12.0 Å². The number of nitrogens with zero attached hydrogens (tertiary/aromatic N) is 3. The Morgan fingerprint density at radius 2 is 2.19 bits per heavy atom. The highest BCUT2D eigenvalue weighted by Crippen LogP contribution is 2.34. The predicted molar refractivity (Wildman–Crippen MR) is 95.5 cm³/mol. The molecule has 8 nitrogen and oxygen atoms in total. The third kappa shape index (κ3) is 3.40. The molecule has 0 radical (unpaired) electrons. The molecule has 1 aromatic carbocycles. The number of hydrogen-bond acceptors (Lipinski definition) is 6. The molecule has 2 amide bonds. The summed E-state index contributed by atoms with van der Waals surface area (Å²) in [6, 6.07) is 9.19. The molecule has 0 unspecified atom stereocenters. The van der Waals surface area contributed by atoms with Gasteiger partial charge in [-0.1, -0.05) is 17.3 Å². The number of allylic oxidation sites excluding steroid dienone is 1. The maximum absolute atomic E-state index is 12.8. The highest BCUT2D eigenvalue weighted by atomic mass is 16.5. The zero-order chi connectivity index (χ0) is 19.6. The van der Waals surface area contributed by atoms with Gasteiger partial charge in [-0.15, -0.1) is 0 Å². The van der Waals surface area contributed by atoms with Crippen molar-refractivity contribution in [1.29, 1.82) is 5.26 Å². The van der Waals surface area contributed by atoms with Crippen LogP contribution in [0.1, 0.15) is 36.8 Å². The number of esters is 1. The zero-order valence-electron chi connectivity index (χ0n) is 15.1. The number of carbonyl (C=O) groups is 2. The number of aromatic nitrogens is 1. The van der Waals surface area contributed by atoms with Crippen LogP contribution in [0.3, 0.4) is 0 Å². The smallest absolute Gasteiger partial charge is 0.338 e. The van der Waals surface area contributed by atoms with Crippen molar-refractivity contribution in [2.75, 3.05) is 11.5 Å². The molecule has 1 atom stereocenters. The fourth-order valence-corrected chi connectivity index (χ4v) is 2.99. The van der Waals surface area contributed by atoms with Crippen molar-refractivity contribution in [3.8, 4) is 6.07 Å². The van der Waals surface area contributed by atoms with Crippen molar-refractivity contribution in [1.82, 2.24) is 10.5 Å². The summed E-state index contributed by atoms with van der Waals surface area (Å²) in [7, 11) is 0. The third-order valence-electron chi connectivity index (χ3n) is 4.17. The van der Waals surface area contributed by atoms with E-state index in [1.807, 2.05) is 0 Å². The van der Waals surface area contributed by atoms with Gasteiger partial charge in [0, 0.05) is 11.8 Å². The number of benzene rings is 1. The van der Waals surface area contributed by atoms with Crippen LogP contribution in [-0.2, 0) is 9.53 Å². The maximum Gasteiger partial charge on any atom is 0.338 e. The summed E-state index contributed by atoms with van der Waals surface area (Å²) >= 11 is 0. The monoisotopic (exact) mass is 366 g/mol. The summed E-state index contributed by atoms with van der Waals surface area (Å²) < 4.78 is 10.3. The van der Waals surface area contributed by atoms with Crippen molar-refractivity contribution < 1.29 is 18.8 Å². The van der Waals surface area contributed by atoms with Crippen LogP contribution in [0.15, 0.2) is 46.1 Å². The Bertz CT molecular complexity index is 970. The summed E-state index contributed by atoms with van der Waals surface area (Å²) in [6.07, 6.45) is 0. The second-order valence-electron chi connectivity index (χ2n) is 5.97. The lowest BCUT2D eigenvalue weighted by Gasteiger charge is -2.34. The van der Waals surface area contributed by atoms with Gasteiger partial charge in [0.25, 0.3) is 0 Å². The molecule has 3 rings (SSSR count). The topological polar surface area (TPSA) is 108 Å². The minimum absolute atomic E-state index is 0.192. The SMILES string of the molecule is CCOC(=O)C1=C(C)N(c2cc(C)on2)C(=O)N[C@H]1c1cccc(C#N)c1. The van der Waals surface area contributed by atoms with E-state index in [0.717, 1.165) is 0 Å². The van der Waals surface area contributed by atoms with Gasteiger partial charge < -0.3 is 14.6 Å². The Hall–Kier alpha value is -3.60. The fraction of sp³-hybridized carbons (Fsp3) is 0.263. The van der Waals surface area contributed by atoms with Crippen molar-refractivity contribution in [2.24, 2.45) is 0 Å². The first-order chi connectivity index (χ1) is 13.0. The average Bonchev–Trinajstić information content (AvgIpc) is 3.07. The molecule has 1 aromatic heterocycles. The van der Waals surface area contributed by atoms with Crippen molar-refractivity contribution in [2.45, 2.75) is 26.8 Å². The van der Waals surface area contributed by atoms with Gasteiger partial charge in [0.1, 0.15) is 5.76 Å². The van der Waals surface area contributed by atoms with Crippen LogP contribution in [0.5, 0.6) is 0 Å². The Kier molecular flexibility index (Phi) is 4.94. The molecule has 1 aliphatic heterocycles. The lowest BCUT2D eigenvalue weighted by Crippen LogP contribution is -2.48. The first kappa shape index (κ1) is 18.2. The van der Waals surface area contributed by atoms with Crippen LogP contribution in [0, 0.1) is 18.3 Å². The van der Waals surface area contributed by atoms with Gasteiger partial charge in [0.15, 0.2) is 5.82 Å². The number of aryl methyl sites for hydroxylation is 1. The lowest BCUT2D eigenvalue weighted by atomic mass is 9.94. The average molecular weight is 366 g/mol. The number of rotatable bonds is 4. The van der Waals surface area contributed by atoms with Crippen LogP contribution in [0.25, 0.3) is 0 Å². The highest BCUT2D eigenvalue weighted by Gasteiger charge is 2.38. The maximum atomic E-state index is 12.8. The number of amides is 2. The largest absolute Gasteiger partial charge is 0.463 e. The Morgan fingerprint density at radius 1 is 1.41 bits per heavy atom. The van der Waals surface area contributed by atoms with Gasteiger partial charge in [-0.25, -0.2) is 14.5 Å². The van der Waals surface area contributed by atoms with Crippen molar-refractivity contribution in [3.63, 3.8) is 0 Å². The highest BCUT2D eigenvalue weighted by molar-refractivity contribution is 6.02. The van der Waals surface area contributed by atoms with E-state index in [-0.39, 0.29) is 18.0 Å². The van der Waals surface area contributed by atoms with Gasteiger partial charge in [0.2, 0.25) is 0 Å². The van der Waals surface area contributed by atoms with Gasteiger partial charge in [0.05, 0.1) is 29.9 Å². The zero-order valence-corrected chi connectivity index (χ0v) is 15.1. The first-order valence-corrected chi connectivity index (χ1v) is 8.38. The molecule has 8 heteroatoms. The Labute approximate surface area is 156 Å². The molecule has 138 valence electrons. The van der Waals surface area contributed by atoms with Crippen molar-refractivity contribution in [3.05, 3.63) is 58.5 Å². The summed E-state index contributed by atoms with van der Waals surface area (Å²) in [6.45, 7) is 5.26. The van der Waals surface area contributed by atoms with E-state index < -0.39 is 18.0 Å². The number of anilines is 1. The second-order valence-corrected chi connectivity index (χ2v) is 5.97. The van der Waals surface area contributed by atoms with E-state index in [0.29, 0.717) is 22.6 Å². The first-order valence-electron chi connectivity index (χ1n) is 8.38. The van der Waals surface area contributed by atoms with Crippen LogP contribution in [0.2, 0.25) is 0 Å². The number of nitrogens with one attached hydrogen (secondary N) is 1. The molecule has 27 heavy (non-hydrogen) atoms. The molecule has 0 spiro atoms. The molecular formula is C19H18N4O4. The van der Waals surface area contributed by atoms with Crippen LogP contribution >= 0.6 is 0 Å². The number of ether oxygens (including phenoxy) is 1. The molecule has 1 N–H and O–H groups in total. The molecule has 0 fully saturated rings. The third-order valence-corrected chi connectivity index (χ3v) is 4.17. The van der Waals surface area contributed by atoms with E-state index in [9.17, 15) is 9.59 Å². The normalized spacial score (nSPS) is 16.7. The Balaban J connectivity index is 2.14. The van der Waals surface area contributed by atoms with E-state index >= 15 is 0 Å². The van der Waals surface area contributed by atoms with Gasteiger partial charge in [-0.3, -0.25) is 0 Å². The number of nitriles is 1. The minimum Gasteiger partial charge on any atom is -0.463 e. The van der Waals surface area contributed by atoms with Crippen LogP contribution in [0.4, 0.5) is 10.6 Å². The summed E-state index contributed by atoms with van der Waals surface area (Å²) in [5.41, 5.74) is 1.70. The van der Waals surface area contributed by atoms with E-state index in [1.165, 1.54) is 4.90 Å². The molecular weight excluding hydrogens is 348 g/mol. The number of carbonyl (C=O) groups excluding carboxylic acids is 2. The van der Waals surface area contributed by atoms with Crippen LogP contribution in [-0.4, -0.2) is 23.8 Å². The fourth-order valence-electron chi connectivity index (χ4n) is 2.99. The second kappa shape index (κ2) is 7.33. The minimum atomic E-state index is -0.742. The molecule has 0 bridgehead atoms. The number of urea groups is 1. The summed E-state index contributed by atoms with van der Waals surface area (Å²) in [5.74, 6) is 0.258. The van der Waals surface area contributed by atoms with Gasteiger partial charge in [-0.2, -0.15) is 5.26 Å². The standard InChI is InChI=1S/C19H18N4O4/c1-4-26-18(24)16-12(3)23(15-8-11(2)27-22-15)19(25)21-17(16)14-7-5-6-13(9-14)10-20/h5-9,17H,4H2,1-3H3,(H,21,25)/t17-/m0/s1. The number of hydrogen-bond donors (Lipinski definition) is 1. The molecule has 1 aliphatic rings. The Morgan fingerprint density at radius 3 is 2.81 bits per heavy atom. The quantitative estimate of drug-likeness (QED) is 0.833. The molecule has 2 heterocycles. The van der Waals surface area contributed by atoms with E-state index in [1.54, 1.807) is 51.1 Å².